The highest BCUT2D eigenvalue weighted by atomic mass is 16.5. The summed E-state index contributed by atoms with van der Waals surface area (Å²) in [6, 6.07) is 13.2. The predicted molar refractivity (Wildman–Crippen MR) is 86.7 cm³/mol. The van der Waals surface area contributed by atoms with Gasteiger partial charge in [-0.1, -0.05) is 31.2 Å². The van der Waals surface area contributed by atoms with E-state index >= 15 is 0 Å². The number of nitrogens with zero attached hydrogens (tertiary/aromatic N) is 1. The lowest BCUT2D eigenvalue weighted by molar-refractivity contribution is 0.396. The summed E-state index contributed by atoms with van der Waals surface area (Å²) in [5.74, 6) is 0.663. The van der Waals surface area contributed by atoms with E-state index < -0.39 is 0 Å². The van der Waals surface area contributed by atoms with Gasteiger partial charge in [0.05, 0.1) is 7.11 Å². The molecule has 1 heterocycles. The molecule has 0 aliphatic carbocycles. The quantitative estimate of drug-likeness (QED) is 0.844. The van der Waals surface area contributed by atoms with Gasteiger partial charge in [0.15, 0.2) is 0 Å². The molecule has 1 N–H and O–H groups in total. The Morgan fingerprint density at radius 1 is 1.14 bits per heavy atom. The van der Waals surface area contributed by atoms with Crippen LogP contribution in [0.25, 0.3) is 0 Å². The Morgan fingerprint density at radius 3 is 2.52 bits per heavy atom. The van der Waals surface area contributed by atoms with Gasteiger partial charge in [0, 0.05) is 18.3 Å². The average Bonchev–Trinajstić information content (AvgIpc) is 2.55. The van der Waals surface area contributed by atoms with E-state index in [-0.39, 0.29) is 6.04 Å². The molecule has 0 spiro atoms. The first kappa shape index (κ1) is 15.5. The standard InChI is InChI=1S/C18H24N2O/c1-4-15-5-7-16(8-6-15)9-11-19-14(2)17-10-12-20-18(13-17)21-3/h5-8,10,12-14,19H,4,9,11H2,1-3H3. The molecule has 1 atom stereocenters. The van der Waals surface area contributed by atoms with Gasteiger partial charge in [-0.25, -0.2) is 4.98 Å². The van der Waals surface area contributed by atoms with E-state index in [1.807, 2.05) is 12.1 Å². The molecule has 0 aliphatic heterocycles. The van der Waals surface area contributed by atoms with E-state index in [0.717, 1.165) is 19.4 Å². The minimum atomic E-state index is 0.289. The zero-order chi connectivity index (χ0) is 15.1. The molecule has 1 aromatic carbocycles. The van der Waals surface area contributed by atoms with Crippen molar-refractivity contribution in [3.05, 3.63) is 59.3 Å². The third kappa shape index (κ3) is 4.57. The fourth-order valence-electron chi connectivity index (χ4n) is 2.30. The molecule has 21 heavy (non-hydrogen) atoms. The van der Waals surface area contributed by atoms with Gasteiger partial charge in [-0.2, -0.15) is 0 Å². The van der Waals surface area contributed by atoms with Crippen molar-refractivity contribution in [2.24, 2.45) is 0 Å². The summed E-state index contributed by atoms with van der Waals surface area (Å²) in [6.07, 6.45) is 3.92. The predicted octanol–water partition coefficient (Wildman–Crippen LogP) is 3.55. The molecule has 3 heteroatoms. The number of aromatic nitrogens is 1. The molecular weight excluding hydrogens is 260 g/mol. The van der Waals surface area contributed by atoms with Crippen LogP contribution in [0, 0.1) is 0 Å². The van der Waals surface area contributed by atoms with Gasteiger partial charge in [-0.3, -0.25) is 0 Å². The van der Waals surface area contributed by atoms with Crippen molar-refractivity contribution in [2.45, 2.75) is 32.7 Å². The monoisotopic (exact) mass is 284 g/mol. The third-order valence-corrected chi connectivity index (χ3v) is 3.76. The van der Waals surface area contributed by atoms with E-state index in [1.54, 1.807) is 13.3 Å². The number of benzene rings is 1. The lowest BCUT2D eigenvalue weighted by atomic mass is 10.1. The largest absolute Gasteiger partial charge is 0.481 e. The van der Waals surface area contributed by atoms with E-state index in [9.17, 15) is 0 Å². The molecule has 2 aromatic rings. The Bertz CT molecular complexity index is 551. The smallest absolute Gasteiger partial charge is 0.213 e. The maximum absolute atomic E-state index is 5.16. The fraction of sp³-hybridized carbons (Fsp3) is 0.389. The number of pyridine rings is 1. The van der Waals surface area contributed by atoms with Crippen LogP contribution in [0.2, 0.25) is 0 Å². The topological polar surface area (TPSA) is 34.2 Å². The van der Waals surface area contributed by atoms with Gasteiger partial charge < -0.3 is 10.1 Å². The molecule has 3 nitrogen and oxygen atoms in total. The second-order valence-electron chi connectivity index (χ2n) is 5.23. The molecule has 0 bridgehead atoms. The zero-order valence-corrected chi connectivity index (χ0v) is 13.1. The Kier molecular flexibility index (Phi) is 5.76. The number of aryl methyl sites for hydroxylation is 1. The Balaban J connectivity index is 1.84. The van der Waals surface area contributed by atoms with Crippen molar-refractivity contribution in [1.29, 1.82) is 0 Å². The van der Waals surface area contributed by atoms with E-state index in [2.05, 4.69) is 48.4 Å². The molecule has 1 aromatic heterocycles. The normalized spacial score (nSPS) is 12.1. The van der Waals surface area contributed by atoms with Crippen molar-refractivity contribution >= 4 is 0 Å². The van der Waals surface area contributed by atoms with Gasteiger partial charge in [0.2, 0.25) is 5.88 Å². The van der Waals surface area contributed by atoms with Gasteiger partial charge in [0.25, 0.3) is 0 Å². The van der Waals surface area contributed by atoms with Gasteiger partial charge in [-0.05, 0) is 49.1 Å². The van der Waals surface area contributed by atoms with E-state index in [0.29, 0.717) is 5.88 Å². The third-order valence-electron chi connectivity index (χ3n) is 3.76. The molecule has 0 saturated heterocycles. The second-order valence-corrected chi connectivity index (χ2v) is 5.23. The number of hydrogen-bond donors (Lipinski definition) is 1. The molecule has 0 amide bonds. The van der Waals surface area contributed by atoms with Crippen LogP contribution in [0.3, 0.4) is 0 Å². The highest BCUT2D eigenvalue weighted by Gasteiger charge is 2.06. The van der Waals surface area contributed by atoms with Gasteiger partial charge >= 0.3 is 0 Å². The summed E-state index contributed by atoms with van der Waals surface area (Å²) < 4.78 is 5.16. The lowest BCUT2D eigenvalue weighted by Crippen LogP contribution is -2.21. The van der Waals surface area contributed by atoms with Crippen molar-refractivity contribution in [3.8, 4) is 5.88 Å². The molecular formula is C18H24N2O. The highest BCUT2D eigenvalue weighted by molar-refractivity contribution is 5.24. The average molecular weight is 284 g/mol. The molecule has 0 fully saturated rings. The maximum atomic E-state index is 5.16. The van der Waals surface area contributed by atoms with Gasteiger partial charge in [0.1, 0.15) is 0 Å². The van der Waals surface area contributed by atoms with Crippen LogP contribution in [0.5, 0.6) is 5.88 Å². The summed E-state index contributed by atoms with van der Waals surface area (Å²) in [7, 11) is 1.64. The Morgan fingerprint density at radius 2 is 1.86 bits per heavy atom. The molecule has 2 rings (SSSR count). The number of methoxy groups -OCH3 is 1. The second kappa shape index (κ2) is 7.79. The summed E-state index contributed by atoms with van der Waals surface area (Å²) in [5.41, 5.74) is 3.96. The summed E-state index contributed by atoms with van der Waals surface area (Å²) in [6.45, 7) is 5.30. The zero-order valence-electron chi connectivity index (χ0n) is 13.1. The number of ether oxygens (including phenoxy) is 1. The first-order valence-corrected chi connectivity index (χ1v) is 7.54. The van der Waals surface area contributed by atoms with Crippen LogP contribution in [-0.2, 0) is 12.8 Å². The van der Waals surface area contributed by atoms with Crippen LogP contribution in [0.15, 0.2) is 42.6 Å². The summed E-state index contributed by atoms with van der Waals surface area (Å²) in [5, 5.41) is 3.54. The van der Waals surface area contributed by atoms with Crippen LogP contribution >= 0.6 is 0 Å². The van der Waals surface area contributed by atoms with Crippen LogP contribution in [-0.4, -0.2) is 18.6 Å². The van der Waals surface area contributed by atoms with E-state index in [1.165, 1.54) is 16.7 Å². The van der Waals surface area contributed by atoms with Gasteiger partial charge in [-0.15, -0.1) is 0 Å². The summed E-state index contributed by atoms with van der Waals surface area (Å²) >= 11 is 0. The Labute approximate surface area is 127 Å². The number of rotatable bonds is 7. The van der Waals surface area contributed by atoms with Crippen molar-refractivity contribution in [2.75, 3.05) is 13.7 Å². The van der Waals surface area contributed by atoms with Crippen molar-refractivity contribution in [3.63, 3.8) is 0 Å². The molecule has 112 valence electrons. The Hall–Kier alpha value is -1.87. The molecule has 0 saturated carbocycles. The highest BCUT2D eigenvalue weighted by Crippen LogP contribution is 2.16. The fourth-order valence-corrected chi connectivity index (χ4v) is 2.30. The maximum Gasteiger partial charge on any atom is 0.213 e. The number of hydrogen-bond acceptors (Lipinski definition) is 3. The van der Waals surface area contributed by atoms with Crippen molar-refractivity contribution < 1.29 is 4.74 Å². The molecule has 0 radical (unpaired) electrons. The minimum Gasteiger partial charge on any atom is -0.481 e. The SMILES string of the molecule is CCc1ccc(CCNC(C)c2ccnc(OC)c2)cc1. The minimum absolute atomic E-state index is 0.289. The summed E-state index contributed by atoms with van der Waals surface area (Å²) in [4.78, 5) is 4.13. The lowest BCUT2D eigenvalue weighted by Gasteiger charge is -2.14. The first-order valence-electron chi connectivity index (χ1n) is 7.54. The van der Waals surface area contributed by atoms with Crippen LogP contribution in [0.1, 0.15) is 36.6 Å². The first-order chi connectivity index (χ1) is 10.2. The molecule has 0 aliphatic rings. The number of nitrogens with one attached hydrogen (secondary N) is 1. The van der Waals surface area contributed by atoms with Crippen LogP contribution in [0.4, 0.5) is 0 Å². The van der Waals surface area contributed by atoms with Crippen LogP contribution < -0.4 is 10.1 Å². The molecule has 1 unspecified atom stereocenters. The van der Waals surface area contributed by atoms with Crippen molar-refractivity contribution in [1.82, 2.24) is 10.3 Å². The van der Waals surface area contributed by atoms with E-state index in [4.69, 9.17) is 4.74 Å².